The minimum atomic E-state index is -0.887. The second-order valence-electron chi connectivity index (χ2n) is 7.68. The molecule has 152 valence electrons. The van der Waals surface area contributed by atoms with Crippen molar-refractivity contribution in [3.63, 3.8) is 0 Å². The molecule has 1 saturated carbocycles. The SMILES string of the molecule is CC1CC1C(=O)Nc1ccc(C(=O)NC(CCC(=O)O)Cc2ccccc2)cc1. The van der Waals surface area contributed by atoms with E-state index in [9.17, 15) is 14.4 Å². The van der Waals surface area contributed by atoms with E-state index in [2.05, 4.69) is 10.6 Å². The van der Waals surface area contributed by atoms with Gasteiger partial charge in [-0.05, 0) is 55.0 Å². The minimum Gasteiger partial charge on any atom is -0.481 e. The molecular formula is C23H26N2O4. The Morgan fingerprint density at radius 1 is 1.07 bits per heavy atom. The molecule has 2 aromatic rings. The van der Waals surface area contributed by atoms with Gasteiger partial charge in [0, 0.05) is 29.6 Å². The molecule has 3 N–H and O–H groups in total. The second-order valence-corrected chi connectivity index (χ2v) is 7.68. The molecule has 0 saturated heterocycles. The number of hydrogen-bond acceptors (Lipinski definition) is 3. The Balaban J connectivity index is 1.60. The molecule has 1 aliphatic carbocycles. The van der Waals surface area contributed by atoms with Gasteiger partial charge in [-0.1, -0.05) is 37.3 Å². The number of anilines is 1. The molecule has 29 heavy (non-hydrogen) atoms. The number of benzene rings is 2. The van der Waals surface area contributed by atoms with Crippen LogP contribution < -0.4 is 10.6 Å². The summed E-state index contributed by atoms with van der Waals surface area (Å²) in [6.07, 6.45) is 1.82. The van der Waals surface area contributed by atoms with Crippen LogP contribution in [0.4, 0.5) is 5.69 Å². The van der Waals surface area contributed by atoms with Gasteiger partial charge in [-0.3, -0.25) is 14.4 Å². The van der Waals surface area contributed by atoms with Crippen LogP contribution >= 0.6 is 0 Å². The van der Waals surface area contributed by atoms with Crippen molar-refractivity contribution in [1.82, 2.24) is 5.32 Å². The van der Waals surface area contributed by atoms with E-state index in [1.165, 1.54) is 0 Å². The largest absolute Gasteiger partial charge is 0.481 e. The van der Waals surface area contributed by atoms with E-state index in [1.807, 2.05) is 37.3 Å². The van der Waals surface area contributed by atoms with E-state index >= 15 is 0 Å². The highest BCUT2D eigenvalue weighted by molar-refractivity contribution is 5.97. The summed E-state index contributed by atoms with van der Waals surface area (Å²) in [5.74, 6) is -0.600. The Hall–Kier alpha value is -3.15. The predicted molar refractivity (Wildman–Crippen MR) is 111 cm³/mol. The van der Waals surface area contributed by atoms with Gasteiger partial charge in [0.25, 0.3) is 5.91 Å². The summed E-state index contributed by atoms with van der Waals surface area (Å²) in [5, 5.41) is 14.8. The predicted octanol–water partition coefficient (Wildman–Crippen LogP) is 3.49. The maximum Gasteiger partial charge on any atom is 0.303 e. The van der Waals surface area contributed by atoms with Crippen molar-refractivity contribution < 1.29 is 19.5 Å². The number of hydrogen-bond donors (Lipinski definition) is 3. The van der Waals surface area contributed by atoms with Crippen LogP contribution in [0.2, 0.25) is 0 Å². The van der Waals surface area contributed by atoms with Crippen LogP contribution in [0.25, 0.3) is 0 Å². The lowest BCUT2D eigenvalue weighted by molar-refractivity contribution is -0.137. The van der Waals surface area contributed by atoms with Gasteiger partial charge in [-0.15, -0.1) is 0 Å². The van der Waals surface area contributed by atoms with E-state index in [0.29, 0.717) is 30.0 Å². The summed E-state index contributed by atoms with van der Waals surface area (Å²) in [6.45, 7) is 2.05. The first-order valence-corrected chi connectivity index (χ1v) is 9.90. The van der Waals surface area contributed by atoms with E-state index in [4.69, 9.17) is 5.11 Å². The molecule has 0 radical (unpaired) electrons. The zero-order valence-electron chi connectivity index (χ0n) is 16.4. The molecule has 3 atom stereocenters. The lowest BCUT2D eigenvalue weighted by Gasteiger charge is -2.18. The molecule has 1 aliphatic rings. The molecule has 2 amide bonds. The summed E-state index contributed by atoms with van der Waals surface area (Å²) in [4.78, 5) is 35.6. The molecule has 3 rings (SSSR count). The fourth-order valence-corrected chi connectivity index (χ4v) is 3.32. The Kier molecular flexibility index (Phi) is 6.65. The topological polar surface area (TPSA) is 95.5 Å². The minimum absolute atomic E-state index is 0.0116. The highest BCUT2D eigenvalue weighted by Gasteiger charge is 2.39. The van der Waals surface area contributed by atoms with Gasteiger partial charge >= 0.3 is 5.97 Å². The van der Waals surface area contributed by atoms with Crippen LogP contribution in [0.15, 0.2) is 54.6 Å². The van der Waals surface area contributed by atoms with Crippen LogP contribution in [0.5, 0.6) is 0 Å². The molecule has 2 aromatic carbocycles. The van der Waals surface area contributed by atoms with E-state index < -0.39 is 5.97 Å². The van der Waals surface area contributed by atoms with Crippen molar-refractivity contribution in [3.05, 3.63) is 65.7 Å². The molecule has 0 aliphatic heterocycles. The Morgan fingerprint density at radius 3 is 2.31 bits per heavy atom. The summed E-state index contributed by atoms with van der Waals surface area (Å²) in [6, 6.07) is 16.1. The zero-order valence-corrected chi connectivity index (χ0v) is 16.4. The van der Waals surface area contributed by atoms with Crippen molar-refractivity contribution in [2.75, 3.05) is 5.32 Å². The molecule has 6 nitrogen and oxygen atoms in total. The summed E-state index contributed by atoms with van der Waals surface area (Å²) in [7, 11) is 0. The van der Waals surface area contributed by atoms with Crippen LogP contribution in [0.3, 0.4) is 0 Å². The number of rotatable bonds is 9. The number of carbonyl (C=O) groups is 3. The molecule has 6 heteroatoms. The average Bonchev–Trinajstić information content (AvgIpc) is 3.44. The standard InChI is InChI=1S/C23H26N2O4/c1-15-13-20(15)23(29)24-18-9-7-17(8-10-18)22(28)25-19(11-12-21(26)27)14-16-5-3-2-4-6-16/h2-10,15,19-20H,11-14H2,1H3,(H,24,29)(H,25,28)(H,26,27). The summed E-state index contributed by atoms with van der Waals surface area (Å²) < 4.78 is 0. The number of carbonyl (C=O) groups excluding carboxylic acids is 2. The number of carboxylic acid groups (broad SMARTS) is 1. The molecule has 0 aromatic heterocycles. The quantitative estimate of drug-likeness (QED) is 0.607. The summed E-state index contributed by atoms with van der Waals surface area (Å²) in [5.41, 5.74) is 2.17. The lowest BCUT2D eigenvalue weighted by atomic mass is 10.0. The summed E-state index contributed by atoms with van der Waals surface area (Å²) >= 11 is 0. The molecule has 3 unspecified atom stereocenters. The van der Waals surface area contributed by atoms with Gasteiger partial charge in [0.15, 0.2) is 0 Å². The monoisotopic (exact) mass is 394 g/mol. The highest BCUT2D eigenvalue weighted by Crippen LogP contribution is 2.38. The van der Waals surface area contributed by atoms with E-state index in [-0.39, 0.29) is 30.2 Å². The molecule has 0 heterocycles. The third kappa shape index (κ3) is 6.17. The van der Waals surface area contributed by atoms with Gasteiger partial charge in [0.2, 0.25) is 5.91 Å². The van der Waals surface area contributed by atoms with Crippen LogP contribution in [-0.4, -0.2) is 28.9 Å². The van der Waals surface area contributed by atoms with Gasteiger partial charge in [-0.25, -0.2) is 0 Å². The van der Waals surface area contributed by atoms with Gasteiger partial charge in [0.05, 0.1) is 0 Å². The molecule has 1 fully saturated rings. The molecular weight excluding hydrogens is 368 g/mol. The normalized spacial score (nSPS) is 18.5. The van der Waals surface area contributed by atoms with Crippen LogP contribution in [-0.2, 0) is 16.0 Å². The number of carboxylic acids is 1. The van der Waals surface area contributed by atoms with Crippen molar-refractivity contribution >= 4 is 23.5 Å². The molecule has 0 bridgehead atoms. The third-order valence-electron chi connectivity index (χ3n) is 5.23. The van der Waals surface area contributed by atoms with Crippen LogP contribution in [0.1, 0.15) is 42.1 Å². The lowest BCUT2D eigenvalue weighted by Crippen LogP contribution is -2.36. The van der Waals surface area contributed by atoms with Crippen LogP contribution in [0, 0.1) is 11.8 Å². The molecule has 0 spiro atoms. The Bertz CT molecular complexity index is 864. The van der Waals surface area contributed by atoms with Crippen molar-refractivity contribution in [2.45, 2.75) is 38.6 Å². The number of aliphatic carboxylic acids is 1. The van der Waals surface area contributed by atoms with E-state index in [1.54, 1.807) is 24.3 Å². The van der Waals surface area contributed by atoms with Gasteiger partial charge in [-0.2, -0.15) is 0 Å². The van der Waals surface area contributed by atoms with Crippen molar-refractivity contribution in [2.24, 2.45) is 11.8 Å². The fourth-order valence-electron chi connectivity index (χ4n) is 3.32. The first kappa shape index (κ1) is 20.6. The third-order valence-corrected chi connectivity index (χ3v) is 5.23. The van der Waals surface area contributed by atoms with Crippen molar-refractivity contribution in [3.8, 4) is 0 Å². The van der Waals surface area contributed by atoms with Crippen molar-refractivity contribution in [1.29, 1.82) is 0 Å². The smallest absolute Gasteiger partial charge is 0.303 e. The average molecular weight is 394 g/mol. The Morgan fingerprint density at radius 2 is 1.72 bits per heavy atom. The second kappa shape index (κ2) is 9.37. The van der Waals surface area contributed by atoms with E-state index in [0.717, 1.165) is 12.0 Å². The zero-order chi connectivity index (χ0) is 20.8. The fraction of sp³-hybridized carbons (Fsp3) is 0.348. The maximum atomic E-state index is 12.6. The highest BCUT2D eigenvalue weighted by atomic mass is 16.4. The first-order valence-electron chi connectivity index (χ1n) is 9.90. The van der Waals surface area contributed by atoms with Gasteiger partial charge < -0.3 is 15.7 Å². The first-order chi connectivity index (χ1) is 13.9. The number of amides is 2. The number of nitrogens with one attached hydrogen (secondary N) is 2. The maximum absolute atomic E-state index is 12.6. The Labute approximate surface area is 170 Å². The van der Waals surface area contributed by atoms with Gasteiger partial charge in [0.1, 0.15) is 0 Å².